The highest BCUT2D eigenvalue weighted by Gasteiger charge is 2.19. The third kappa shape index (κ3) is 2.47. The Kier molecular flexibility index (Phi) is 3.28. The van der Waals surface area contributed by atoms with Crippen LogP contribution in [0.15, 0.2) is 18.5 Å². The van der Waals surface area contributed by atoms with Gasteiger partial charge in [-0.1, -0.05) is 27.7 Å². The maximum absolute atomic E-state index is 4.61. The van der Waals surface area contributed by atoms with E-state index in [1.54, 1.807) is 6.20 Å². The largest absolute Gasteiger partial charge is 0.366 e. The van der Waals surface area contributed by atoms with Crippen molar-refractivity contribution in [3.63, 3.8) is 0 Å². The molecule has 0 saturated heterocycles. The Hall–Kier alpha value is -1.58. The van der Waals surface area contributed by atoms with E-state index in [1.807, 2.05) is 10.7 Å². The van der Waals surface area contributed by atoms with Crippen LogP contribution >= 0.6 is 0 Å². The fourth-order valence-corrected chi connectivity index (χ4v) is 1.74. The zero-order valence-electron chi connectivity index (χ0n) is 11.9. The lowest BCUT2D eigenvalue weighted by atomic mass is 9.92. The molecule has 0 fully saturated rings. The molecule has 0 amide bonds. The van der Waals surface area contributed by atoms with Gasteiger partial charge < -0.3 is 5.32 Å². The number of hydrogen-bond donors (Lipinski definition) is 1. The molecule has 18 heavy (non-hydrogen) atoms. The summed E-state index contributed by atoms with van der Waals surface area (Å²) in [6.07, 6.45) is 4.76. The van der Waals surface area contributed by atoms with E-state index >= 15 is 0 Å². The SMILES string of the molecule is CCC(C)Nc1nccn2nc(C(C)(C)C)cc12. The second-order valence-electron chi connectivity index (χ2n) is 5.84. The molecule has 0 radical (unpaired) electrons. The molecule has 0 spiro atoms. The summed E-state index contributed by atoms with van der Waals surface area (Å²) in [5.41, 5.74) is 2.19. The molecule has 1 N–H and O–H groups in total. The Morgan fingerprint density at radius 1 is 1.39 bits per heavy atom. The van der Waals surface area contributed by atoms with Gasteiger partial charge in [0.25, 0.3) is 0 Å². The molecule has 0 aliphatic heterocycles. The van der Waals surface area contributed by atoms with Crippen LogP contribution in [0.1, 0.15) is 46.7 Å². The van der Waals surface area contributed by atoms with E-state index in [2.05, 4.69) is 56.1 Å². The van der Waals surface area contributed by atoms with Crippen molar-refractivity contribution < 1.29 is 0 Å². The van der Waals surface area contributed by atoms with Crippen LogP contribution in [0.4, 0.5) is 5.82 Å². The van der Waals surface area contributed by atoms with Crippen molar-refractivity contribution in [1.29, 1.82) is 0 Å². The first-order valence-corrected chi connectivity index (χ1v) is 6.53. The monoisotopic (exact) mass is 246 g/mol. The topological polar surface area (TPSA) is 42.2 Å². The number of fused-ring (bicyclic) bond motifs is 1. The molecule has 2 aromatic heterocycles. The van der Waals surface area contributed by atoms with Crippen molar-refractivity contribution in [2.45, 2.75) is 52.5 Å². The molecule has 0 saturated carbocycles. The predicted octanol–water partition coefficient (Wildman–Crippen LogP) is 3.24. The maximum Gasteiger partial charge on any atom is 0.152 e. The molecule has 0 aromatic carbocycles. The molecule has 2 aromatic rings. The van der Waals surface area contributed by atoms with Gasteiger partial charge in [0.15, 0.2) is 5.82 Å². The highest BCUT2D eigenvalue weighted by atomic mass is 15.2. The quantitative estimate of drug-likeness (QED) is 0.904. The summed E-state index contributed by atoms with van der Waals surface area (Å²) in [6, 6.07) is 2.54. The summed E-state index contributed by atoms with van der Waals surface area (Å²) in [4.78, 5) is 4.42. The van der Waals surface area contributed by atoms with E-state index in [1.165, 1.54) is 0 Å². The van der Waals surface area contributed by atoms with E-state index in [0.717, 1.165) is 23.4 Å². The van der Waals surface area contributed by atoms with E-state index in [4.69, 9.17) is 0 Å². The van der Waals surface area contributed by atoms with Crippen LogP contribution in [0, 0.1) is 0 Å². The molecule has 0 aliphatic carbocycles. The minimum absolute atomic E-state index is 0.0552. The van der Waals surface area contributed by atoms with Crippen LogP contribution in [0.2, 0.25) is 0 Å². The number of hydrogen-bond acceptors (Lipinski definition) is 3. The molecule has 1 atom stereocenters. The van der Waals surface area contributed by atoms with Crippen molar-refractivity contribution in [3.8, 4) is 0 Å². The highest BCUT2D eigenvalue weighted by molar-refractivity contribution is 5.68. The molecular formula is C14H22N4. The number of aromatic nitrogens is 3. The fourth-order valence-electron chi connectivity index (χ4n) is 1.74. The van der Waals surface area contributed by atoms with Gasteiger partial charge in [-0.3, -0.25) is 0 Å². The smallest absolute Gasteiger partial charge is 0.152 e. The van der Waals surface area contributed by atoms with Crippen molar-refractivity contribution in [2.75, 3.05) is 5.32 Å². The molecule has 2 heterocycles. The number of rotatable bonds is 3. The minimum atomic E-state index is 0.0552. The molecule has 0 bridgehead atoms. The lowest BCUT2D eigenvalue weighted by molar-refractivity contribution is 0.562. The molecule has 0 aliphatic rings. The Morgan fingerprint density at radius 2 is 2.11 bits per heavy atom. The van der Waals surface area contributed by atoms with Crippen LogP contribution in [0.5, 0.6) is 0 Å². The second-order valence-corrected chi connectivity index (χ2v) is 5.84. The fraction of sp³-hybridized carbons (Fsp3) is 0.571. The Balaban J connectivity index is 2.46. The van der Waals surface area contributed by atoms with Crippen molar-refractivity contribution in [1.82, 2.24) is 14.6 Å². The summed E-state index contributed by atoms with van der Waals surface area (Å²) in [5, 5.41) is 8.04. The molecule has 1 unspecified atom stereocenters. The van der Waals surface area contributed by atoms with E-state index in [-0.39, 0.29) is 5.41 Å². The standard InChI is InChI=1S/C14H22N4/c1-6-10(2)16-13-11-9-12(14(3,4)5)17-18(11)8-7-15-13/h7-10H,6H2,1-5H3,(H,15,16). The van der Waals surface area contributed by atoms with Gasteiger partial charge in [-0.15, -0.1) is 0 Å². The van der Waals surface area contributed by atoms with Gasteiger partial charge in [-0.25, -0.2) is 9.50 Å². The average molecular weight is 246 g/mol. The maximum atomic E-state index is 4.61. The van der Waals surface area contributed by atoms with Gasteiger partial charge >= 0.3 is 0 Å². The minimum Gasteiger partial charge on any atom is -0.366 e. The Labute approximate surface area is 108 Å². The van der Waals surface area contributed by atoms with Crippen molar-refractivity contribution in [3.05, 3.63) is 24.2 Å². The summed E-state index contributed by atoms with van der Waals surface area (Å²) >= 11 is 0. The van der Waals surface area contributed by atoms with E-state index in [9.17, 15) is 0 Å². The number of anilines is 1. The third-order valence-electron chi connectivity index (χ3n) is 3.15. The van der Waals surface area contributed by atoms with Crippen LogP contribution in [0.3, 0.4) is 0 Å². The average Bonchev–Trinajstić information content (AvgIpc) is 2.73. The van der Waals surface area contributed by atoms with Crippen LogP contribution in [-0.2, 0) is 5.41 Å². The molecule has 98 valence electrons. The first-order valence-electron chi connectivity index (χ1n) is 6.53. The number of nitrogens with zero attached hydrogens (tertiary/aromatic N) is 3. The first-order chi connectivity index (χ1) is 8.41. The Bertz CT molecular complexity index is 536. The van der Waals surface area contributed by atoms with Crippen molar-refractivity contribution in [2.24, 2.45) is 0 Å². The molecule has 4 nitrogen and oxygen atoms in total. The van der Waals surface area contributed by atoms with Crippen LogP contribution in [0.25, 0.3) is 5.52 Å². The normalized spacial score (nSPS) is 13.8. The van der Waals surface area contributed by atoms with Gasteiger partial charge in [0, 0.05) is 23.9 Å². The third-order valence-corrected chi connectivity index (χ3v) is 3.15. The van der Waals surface area contributed by atoms with Crippen LogP contribution < -0.4 is 5.32 Å². The summed E-state index contributed by atoms with van der Waals surface area (Å²) < 4.78 is 1.90. The zero-order chi connectivity index (χ0) is 13.3. The molecular weight excluding hydrogens is 224 g/mol. The van der Waals surface area contributed by atoms with Gasteiger partial charge in [0.2, 0.25) is 0 Å². The molecule has 4 heteroatoms. The van der Waals surface area contributed by atoms with Gasteiger partial charge in [0.05, 0.1) is 5.69 Å². The summed E-state index contributed by atoms with van der Waals surface area (Å²) in [7, 11) is 0. The lowest BCUT2D eigenvalue weighted by Crippen LogP contribution is -2.15. The van der Waals surface area contributed by atoms with Gasteiger partial charge in [0.1, 0.15) is 5.52 Å². The van der Waals surface area contributed by atoms with E-state index < -0.39 is 0 Å². The zero-order valence-corrected chi connectivity index (χ0v) is 11.9. The first kappa shape index (κ1) is 12.9. The predicted molar refractivity (Wildman–Crippen MR) is 75.1 cm³/mol. The van der Waals surface area contributed by atoms with Gasteiger partial charge in [-0.05, 0) is 19.4 Å². The van der Waals surface area contributed by atoms with Crippen molar-refractivity contribution >= 4 is 11.3 Å². The number of nitrogens with one attached hydrogen (secondary N) is 1. The van der Waals surface area contributed by atoms with Gasteiger partial charge in [-0.2, -0.15) is 5.10 Å². The highest BCUT2D eigenvalue weighted by Crippen LogP contribution is 2.24. The second kappa shape index (κ2) is 4.59. The summed E-state index contributed by atoms with van der Waals surface area (Å²) in [5.74, 6) is 0.912. The van der Waals surface area contributed by atoms with Crippen LogP contribution in [-0.4, -0.2) is 20.6 Å². The summed E-state index contributed by atoms with van der Waals surface area (Å²) in [6.45, 7) is 10.8. The lowest BCUT2D eigenvalue weighted by Gasteiger charge is -2.13. The molecule has 2 rings (SSSR count). The Morgan fingerprint density at radius 3 is 2.72 bits per heavy atom. The van der Waals surface area contributed by atoms with E-state index in [0.29, 0.717) is 6.04 Å².